The van der Waals surface area contributed by atoms with Gasteiger partial charge in [-0.25, -0.2) is 0 Å². The zero-order valence-electron chi connectivity index (χ0n) is 17.0. The van der Waals surface area contributed by atoms with Crippen molar-refractivity contribution in [1.82, 2.24) is 9.80 Å². The molecule has 0 unspecified atom stereocenters. The third-order valence-corrected chi connectivity index (χ3v) is 6.14. The van der Waals surface area contributed by atoms with Crippen molar-refractivity contribution in [2.75, 3.05) is 6.54 Å². The fraction of sp³-hybridized carbons (Fsp3) is 0.192. The Kier molecular flexibility index (Phi) is 4.86. The van der Waals surface area contributed by atoms with Crippen molar-refractivity contribution in [2.45, 2.75) is 25.4 Å². The van der Waals surface area contributed by atoms with Crippen LogP contribution in [-0.2, 0) is 24.2 Å². The van der Waals surface area contributed by atoms with E-state index in [0.717, 1.165) is 17.5 Å². The fourth-order valence-electron chi connectivity index (χ4n) is 4.51. The SMILES string of the molecule is O=C([C@@H](Cc1ccccc1)N1C(=O)c2ccccc2C1=O)N1CCc2ccccc2C1. The minimum absolute atomic E-state index is 0.187. The van der Waals surface area contributed by atoms with Gasteiger partial charge in [0, 0.05) is 19.5 Å². The Hall–Kier alpha value is -3.73. The Bertz CT molecular complexity index is 1140. The van der Waals surface area contributed by atoms with Crippen LogP contribution in [0.1, 0.15) is 37.4 Å². The zero-order chi connectivity index (χ0) is 21.4. The van der Waals surface area contributed by atoms with Gasteiger partial charge in [-0.1, -0.05) is 66.7 Å². The van der Waals surface area contributed by atoms with Gasteiger partial charge in [0.25, 0.3) is 11.8 Å². The van der Waals surface area contributed by atoms with Gasteiger partial charge in [0.05, 0.1) is 11.1 Å². The average Bonchev–Trinajstić information content (AvgIpc) is 3.07. The molecule has 2 aliphatic heterocycles. The van der Waals surface area contributed by atoms with Gasteiger partial charge < -0.3 is 4.90 Å². The van der Waals surface area contributed by atoms with E-state index in [-0.39, 0.29) is 5.91 Å². The van der Waals surface area contributed by atoms with Crippen LogP contribution in [0.4, 0.5) is 0 Å². The Morgan fingerprint density at radius 3 is 2.03 bits per heavy atom. The normalized spacial score (nSPS) is 16.1. The number of carbonyl (C=O) groups excluding carboxylic acids is 3. The van der Waals surface area contributed by atoms with Gasteiger partial charge in [0.2, 0.25) is 5.91 Å². The summed E-state index contributed by atoms with van der Waals surface area (Å²) < 4.78 is 0. The number of amides is 3. The maximum absolute atomic E-state index is 13.7. The van der Waals surface area contributed by atoms with Gasteiger partial charge in [-0.15, -0.1) is 0 Å². The molecule has 0 N–H and O–H groups in total. The van der Waals surface area contributed by atoms with E-state index in [2.05, 4.69) is 6.07 Å². The quantitative estimate of drug-likeness (QED) is 0.619. The van der Waals surface area contributed by atoms with Gasteiger partial charge in [0.15, 0.2) is 0 Å². The second-order valence-electron chi connectivity index (χ2n) is 8.01. The molecule has 2 heterocycles. The molecule has 0 aliphatic carbocycles. The van der Waals surface area contributed by atoms with Gasteiger partial charge >= 0.3 is 0 Å². The number of hydrogen-bond donors (Lipinski definition) is 0. The number of carbonyl (C=O) groups is 3. The van der Waals surface area contributed by atoms with Crippen LogP contribution in [0.15, 0.2) is 78.9 Å². The highest BCUT2D eigenvalue weighted by Gasteiger charge is 2.44. The molecule has 5 rings (SSSR count). The molecule has 1 atom stereocenters. The molecule has 0 saturated heterocycles. The second-order valence-corrected chi connectivity index (χ2v) is 8.01. The zero-order valence-corrected chi connectivity index (χ0v) is 17.0. The lowest BCUT2D eigenvalue weighted by Gasteiger charge is -2.34. The lowest BCUT2D eigenvalue weighted by Crippen LogP contribution is -2.53. The Balaban J connectivity index is 1.49. The van der Waals surface area contributed by atoms with Crippen LogP contribution >= 0.6 is 0 Å². The number of nitrogens with zero attached hydrogens (tertiary/aromatic N) is 2. The predicted octanol–water partition coefficient (Wildman–Crippen LogP) is 3.48. The molecule has 2 aliphatic rings. The maximum atomic E-state index is 13.7. The number of imide groups is 1. The van der Waals surface area contributed by atoms with E-state index >= 15 is 0 Å². The van der Waals surface area contributed by atoms with Crippen LogP contribution in [0.5, 0.6) is 0 Å². The fourth-order valence-corrected chi connectivity index (χ4v) is 4.51. The van der Waals surface area contributed by atoms with E-state index in [1.165, 1.54) is 10.5 Å². The van der Waals surface area contributed by atoms with E-state index in [0.29, 0.717) is 30.6 Å². The third-order valence-electron chi connectivity index (χ3n) is 6.14. The third kappa shape index (κ3) is 3.42. The van der Waals surface area contributed by atoms with Crippen LogP contribution < -0.4 is 0 Å². The van der Waals surface area contributed by atoms with Crippen molar-refractivity contribution in [2.24, 2.45) is 0 Å². The molecule has 0 spiro atoms. The van der Waals surface area contributed by atoms with Crippen molar-refractivity contribution in [3.05, 3.63) is 107 Å². The highest BCUT2D eigenvalue weighted by atomic mass is 16.2. The monoisotopic (exact) mass is 410 g/mol. The summed E-state index contributed by atoms with van der Waals surface area (Å²) >= 11 is 0. The highest BCUT2D eigenvalue weighted by Crippen LogP contribution is 2.28. The van der Waals surface area contributed by atoms with Crippen LogP contribution in [0.3, 0.4) is 0 Å². The maximum Gasteiger partial charge on any atom is 0.262 e. The molecular formula is C26H22N2O3. The van der Waals surface area contributed by atoms with E-state index < -0.39 is 17.9 Å². The Morgan fingerprint density at radius 2 is 1.35 bits per heavy atom. The van der Waals surface area contributed by atoms with Gasteiger partial charge in [-0.2, -0.15) is 0 Å². The minimum Gasteiger partial charge on any atom is -0.336 e. The molecule has 5 nitrogen and oxygen atoms in total. The topological polar surface area (TPSA) is 57.7 Å². The Morgan fingerprint density at radius 1 is 0.774 bits per heavy atom. The number of rotatable bonds is 4. The van der Waals surface area contributed by atoms with Crippen molar-refractivity contribution in [3.63, 3.8) is 0 Å². The lowest BCUT2D eigenvalue weighted by atomic mass is 9.97. The summed E-state index contributed by atoms with van der Waals surface area (Å²) in [6.45, 7) is 1.06. The molecule has 3 aromatic carbocycles. The van der Waals surface area contributed by atoms with E-state index in [9.17, 15) is 14.4 Å². The number of hydrogen-bond acceptors (Lipinski definition) is 3. The first kappa shape index (κ1) is 19.2. The highest BCUT2D eigenvalue weighted by molar-refractivity contribution is 6.22. The standard InChI is InChI=1S/C26H22N2O3/c29-24-21-12-6-7-13-22(21)25(30)28(24)23(16-18-8-2-1-3-9-18)26(31)27-15-14-19-10-4-5-11-20(19)17-27/h1-13,23H,14-17H2/t23-/m1/s1. The van der Waals surface area contributed by atoms with Gasteiger partial charge in [-0.3, -0.25) is 19.3 Å². The van der Waals surface area contributed by atoms with Crippen LogP contribution in [-0.4, -0.2) is 40.1 Å². The van der Waals surface area contributed by atoms with Crippen molar-refractivity contribution < 1.29 is 14.4 Å². The molecule has 0 radical (unpaired) electrons. The van der Waals surface area contributed by atoms with Gasteiger partial charge in [0.1, 0.15) is 6.04 Å². The molecule has 0 saturated carbocycles. The van der Waals surface area contributed by atoms with Crippen LogP contribution in [0.2, 0.25) is 0 Å². The largest absolute Gasteiger partial charge is 0.336 e. The molecule has 3 aromatic rings. The summed E-state index contributed by atoms with van der Waals surface area (Å²) in [5.41, 5.74) is 3.99. The summed E-state index contributed by atoms with van der Waals surface area (Å²) in [6.07, 6.45) is 1.06. The first-order valence-corrected chi connectivity index (χ1v) is 10.5. The minimum atomic E-state index is -0.875. The first-order chi connectivity index (χ1) is 15.1. The van der Waals surface area contributed by atoms with E-state index in [4.69, 9.17) is 0 Å². The van der Waals surface area contributed by atoms with Crippen LogP contribution in [0, 0.1) is 0 Å². The molecule has 0 aromatic heterocycles. The van der Waals surface area contributed by atoms with Crippen LogP contribution in [0.25, 0.3) is 0 Å². The molecule has 154 valence electrons. The predicted molar refractivity (Wildman–Crippen MR) is 116 cm³/mol. The number of fused-ring (bicyclic) bond motifs is 2. The average molecular weight is 410 g/mol. The first-order valence-electron chi connectivity index (χ1n) is 10.5. The lowest BCUT2D eigenvalue weighted by molar-refractivity contribution is -0.136. The van der Waals surface area contributed by atoms with Gasteiger partial charge in [-0.05, 0) is 35.2 Å². The summed E-state index contributed by atoms with van der Waals surface area (Å²) in [6, 6.07) is 23.5. The van der Waals surface area contributed by atoms with Crippen molar-refractivity contribution in [3.8, 4) is 0 Å². The molecule has 0 fully saturated rings. The number of benzene rings is 3. The summed E-state index contributed by atoms with van der Waals surface area (Å²) in [4.78, 5) is 43.0. The van der Waals surface area contributed by atoms with E-state index in [1.807, 2.05) is 48.5 Å². The molecule has 31 heavy (non-hydrogen) atoms. The Labute approximate surface area is 180 Å². The summed E-state index contributed by atoms with van der Waals surface area (Å²) in [5, 5.41) is 0. The molecule has 0 bridgehead atoms. The van der Waals surface area contributed by atoms with Crippen molar-refractivity contribution >= 4 is 17.7 Å². The summed E-state index contributed by atoms with van der Waals surface area (Å²) in [5.74, 6) is -0.979. The molecule has 5 heteroatoms. The second kappa shape index (κ2) is 7.84. The molecule has 3 amide bonds. The van der Waals surface area contributed by atoms with Crippen molar-refractivity contribution in [1.29, 1.82) is 0 Å². The molecular weight excluding hydrogens is 388 g/mol. The smallest absolute Gasteiger partial charge is 0.262 e. The van der Waals surface area contributed by atoms with E-state index in [1.54, 1.807) is 29.2 Å². The summed E-state index contributed by atoms with van der Waals surface area (Å²) in [7, 11) is 0.